The Morgan fingerprint density at radius 3 is 2.56 bits per heavy atom. The van der Waals surface area contributed by atoms with Gasteiger partial charge in [0.2, 0.25) is 0 Å². The lowest BCUT2D eigenvalue weighted by Gasteiger charge is -2.13. The van der Waals surface area contributed by atoms with Gasteiger partial charge in [0, 0.05) is 16.8 Å². The standard InChI is InChI=1S/C18H13ClN6O2/c1-11-14(10-20)17(26)25(13-7-5-12(19)6-8-13)24-16(11)23-18(27)22-15-4-2-3-9-21-15/h2-9H,1H3,(H2,21,22,23,24,27). The summed E-state index contributed by atoms with van der Waals surface area (Å²) in [5.41, 5.74) is -0.0286. The molecule has 8 nitrogen and oxygen atoms in total. The Morgan fingerprint density at radius 2 is 1.93 bits per heavy atom. The molecule has 134 valence electrons. The first kappa shape index (κ1) is 18.1. The van der Waals surface area contributed by atoms with Gasteiger partial charge in [0.05, 0.1) is 5.69 Å². The molecule has 0 aliphatic rings. The van der Waals surface area contributed by atoms with Gasteiger partial charge in [-0.05, 0) is 43.3 Å². The van der Waals surface area contributed by atoms with Crippen LogP contribution in [0.3, 0.4) is 0 Å². The van der Waals surface area contributed by atoms with Gasteiger partial charge < -0.3 is 0 Å². The van der Waals surface area contributed by atoms with Gasteiger partial charge in [-0.2, -0.15) is 9.94 Å². The highest BCUT2D eigenvalue weighted by Gasteiger charge is 2.17. The molecule has 0 aliphatic heterocycles. The number of aromatic nitrogens is 3. The van der Waals surface area contributed by atoms with E-state index in [-0.39, 0.29) is 16.9 Å². The Balaban J connectivity index is 1.99. The van der Waals surface area contributed by atoms with Crippen LogP contribution in [-0.4, -0.2) is 20.8 Å². The average molecular weight is 381 g/mol. The van der Waals surface area contributed by atoms with Crippen molar-refractivity contribution in [2.24, 2.45) is 0 Å². The lowest BCUT2D eigenvalue weighted by Crippen LogP contribution is -2.29. The largest absolute Gasteiger partial charge is 0.326 e. The molecule has 9 heteroatoms. The lowest BCUT2D eigenvalue weighted by atomic mass is 10.2. The van der Waals surface area contributed by atoms with E-state index in [0.29, 0.717) is 16.5 Å². The van der Waals surface area contributed by atoms with E-state index in [0.717, 1.165) is 4.68 Å². The van der Waals surface area contributed by atoms with Crippen molar-refractivity contribution in [2.45, 2.75) is 6.92 Å². The van der Waals surface area contributed by atoms with Crippen LogP contribution in [0.5, 0.6) is 0 Å². The zero-order valence-electron chi connectivity index (χ0n) is 14.1. The second-order valence-electron chi connectivity index (χ2n) is 5.45. The minimum absolute atomic E-state index is 0.0783. The number of nitrogens with one attached hydrogen (secondary N) is 2. The molecule has 0 saturated carbocycles. The van der Waals surface area contributed by atoms with Crippen LogP contribution < -0.4 is 16.2 Å². The highest BCUT2D eigenvalue weighted by molar-refractivity contribution is 6.30. The van der Waals surface area contributed by atoms with Crippen LogP contribution in [0.1, 0.15) is 11.1 Å². The van der Waals surface area contributed by atoms with E-state index in [2.05, 4.69) is 20.7 Å². The number of nitrogens with zero attached hydrogens (tertiary/aromatic N) is 4. The van der Waals surface area contributed by atoms with Crippen molar-refractivity contribution in [1.82, 2.24) is 14.8 Å². The number of anilines is 2. The predicted octanol–water partition coefficient (Wildman–Crippen LogP) is 3.11. The van der Waals surface area contributed by atoms with E-state index >= 15 is 0 Å². The third-order valence-electron chi connectivity index (χ3n) is 3.66. The number of carbonyl (C=O) groups is 1. The maximum atomic E-state index is 12.5. The number of carbonyl (C=O) groups excluding carboxylic acids is 1. The van der Waals surface area contributed by atoms with E-state index in [4.69, 9.17) is 11.6 Å². The zero-order chi connectivity index (χ0) is 19.4. The van der Waals surface area contributed by atoms with Crippen LogP contribution in [-0.2, 0) is 0 Å². The minimum atomic E-state index is -0.602. The molecule has 2 amide bonds. The number of halogens is 1. The van der Waals surface area contributed by atoms with Crippen LogP contribution in [0.4, 0.5) is 16.4 Å². The molecule has 3 aromatic rings. The topological polar surface area (TPSA) is 113 Å². The molecule has 0 atom stereocenters. The molecular formula is C18H13ClN6O2. The summed E-state index contributed by atoms with van der Waals surface area (Å²) in [7, 11) is 0. The molecule has 0 unspecified atom stereocenters. The fourth-order valence-corrected chi connectivity index (χ4v) is 2.43. The van der Waals surface area contributed by atoms with Gasteiger partial charge >= 0.3 is 6.03 Å². The molecule has 3 rings (SSSR count). The number of nitriles is 1. The maximum Gasteiger partial charge on any atom is 0.326 e. The van der Waals surface area contributed by atoms with E-state index in [1.807, 2.05) is 6.07 Å². The summed E-state index contributed by atoms with van der Waals surface area (Å²) >= 11 is 5.87. The average Bonchev–Trinajstić information content (AvgIpc) is 2.66. The molecule has 0 bridgehead atoms. The summed E-state index contributed by atoms with van der Waals surface area (Å²) in [4.78, 5) is 28.8. The van der Waals surface area contributed by atoms with Crippen molar-refractivity contribution in [3.63, 3.8) is 0 Å². The summed E-state index contributed by atoms with van der Waals surface area (Å²) in [6.07, 6.45) is 1.54. The van der Waals surface area contributed by atoms with Crippen molar-refractivity contribution in [3.05, 3.63) is 75.2 Å². The van der Waals surface area contributed by atoms with Crippen LogP contribution in [0.2, 0.25) is 5.02 Å². The highest BCUT2D eigenvalue weighted by atomic mass is 35.5. The van der Waals surface area contributed by atoms with Crippen LogP contribution in [0, 0.1) is 18.3 Å². The van der Waals surface area contributed by atoms with Crippen LogP contribution >= 0.6 is 11.6 Å². The molecule has 2 heterocycles. The zero-order valence-corrected chi connectivity index (χ0v) is 14.9. The minimum Gasteiger partial charge on any atom is -0.292 e. The van der Waals surface area contributed by atoms with Crippen molar-refractivity contribution >= 4 is 29.3 Å². The normalized spacial score (nSPS) is 10.1. The number of rotatable bonds is 3. The number of hydrogen-bond acceptors (Lipinski definition) is 5. The van der Waals surface area contributed by atoms with E-state index in [1.165, 1.54) is 13.1 Å². The monoisotopic (exact) mass is 380 g/mol. The van der Waals surface area contributed by atoms with Gasteiger partial charge in [0.25, 0.3) is 5.56 Å². The summed E-state index contributed by atoms with van der Waals surface area (Å²) in [5.74, 6) is 0.425. The second-order valence-corrected chi connectivity index (χ2v) is 5.88. The first-order chi connectivity index (χ1) is 13.0. The quantitative estimate of drug-likeness (QED) is 0.724. The molecule has 27 heavy (non-hydrogen) atoms. The first-order valence-electron chi connectivity index (χ1n) is 7.78. The van der Waals surface area contributed by atoms with Crippen molar-refractivity contribution in [2.75, 3.05) is 10.6 Å². The van der Waals surface area contributed by atoms with Crippen LogP contribution in [0.25, 0.3) is 5.69 Å². The Morgan fingerprint density at radius 1 is 1.19 bits per heavy atom. The molecule has 0 aliphatic carbocycles. The van der Waals surface area contributed by atoms with Crippen molar-refractivity contribution in [1.29, 1.82) is 5.26 Å². The molecule has 0 spiro atoms. The molecule has 2 N–H and O–H groups in total. The molecule has 0 radical (unpaired) electrons. The van der Waals surface area contributed by atoms with Gasteiger partial charge in [-0.25, -0.2) is 9.78 Å². The molecule has 1 aromatic carbocycles. The SMILES string of the molecule is Cc1c(NC(=O)Nc2ccccn2)nn(-c2ccc(Cl)cc2)c(=O)c1C#N. The number of amides is 2. The van der Waals surface area contributed by atoms with E-state index in [1.54, 1.807) is 42.5 Å². The van der Waals surface area contributed by atoms with E-state index < -0.39 is 11.6 Å². The third-order valence-corrected chi connectivity index (χ3v) is 3.91. The maximum absolute atomic E-state index is 12.5. The predicted molar refractivity (Wildman–Crippen MR) is 101 cm³/mol. The summed E-state index contributed by atoms with van der Waals surface area (Å²) in [6.45, 7) is 1.54. The Hall–Kier alpha value is -3.70. The Labute approximate surface area is 159 Å². The van der Waals surface area contributed by atoms with Crippen LogP contribution in [0.15, 0.2) is 53.5 Å². The first-order valence-corrected chi connectivity index (χ1v) is 8.16. The number of hydrogen-bond donors (Lipinski definition) is 2. The fourth-order valence-electron chi connectivity index (χ4n) is 2.30. The number of pyridine rings is 1. The summed E-state index contributed by atoms with van der Waals surface area (Å²) in [5, 5.41) is 19.1. The molecule has 2 aromatic heterocycles. The summed E-state index contributed by atoms with van der Waals surface area (Å²) < 4.78 is 1.04. The Bertz CT molecular complexity index is 1090. The summed E-state index contributed by atoms with van der Waals surface area (Å²) in [6, 6.07) is 12.7. The number of urea groups is 1. The van der Waals surface area contributed by atoms with Crippen molar-refractivity contribution in [3.8, 4) is 11.8 Å². The fraction of sp³-hybridized carbons (Fsp3) is 0.0556. The molecular weight excluding hydrogens is 368 g/mol. The third kappa shape index (κ3) is 3.94. The van der Waals surface area contributed by atoms with Gasteiger partial charge in [-0.15, -0.1) is 5.10 Å². The smallest absolute Gasteiger partial charge is 0.292 e. The van der Waals surface area contributed by atoms with Crippen molar-refractivity contribution < 1.29 is 4.79 Å². The van der Waals surface area contributed by atoms with Gasteiger partial charge in [0.1, 0.15) is 17.5 Å². The molecule has 0 saturated heterocycles. The number of benzene rings is 1. The molecule has 0 fully saturated rings. The Kier molecular flexibility index (Phi) is 5.15. The second kappa shape index (κ2) is 7.68. The van der Waals surface area contributed by atoms with Gasteiger partial charge in [-0.3, -0.25) is 15.4 Å². The van der Waals surface area contributed by atoms with Gasteiger partial charge in [-0.1, -0.05) is 17.7 Å². The van der Waals surface area contributed by atoms with Gasteiger partial charge in [0.15, 0.2) is 5.82 Å². The highest BCUT2D eigenvalue weighted by Crippen LogP contribution is 2.16. The van der Waals surface area contributed by atoms with E-state index in [9.17, 15) is 14.9 Å². The lowest BCUT2D eigenvalue weighted by molar-refractivity contribution is 0.262.